The van der Waals surface area contributed by atoms with Gasteiger partial charge in [-0.1, -0.05) is 11.6 Å². The van der Waals surface area contributed by atoms with Crippen molar-refractivity contribution >= 4 is 34.6 Å². The Bertz CT molecular complexity index is 862. The zero-order chi connectivity index (χ0) is 19.9. The molecule has 2 aromatic rings. The summed E-state index contributed by atoms with van der Waals surface area (Å²) in [7, 11) is 1.52. The van der Waals surface area contributed by atoms with Crippen LogP contribution in [-0.4, -0.2) is 27.0 Å². The third-order valence-corrected chi connectivity index (χ3v) is 5.51. The zero-order valence-electron chi connectivity index (χ0n) is 13.9. The summed E-state index contributed by atoms with van der Waals surface area (Å²) in [5.41, 5.74) is 0.0301. The number of rotatable bonds is 5. The third-order valence-electron chi connectivity index (χ3n) is 4.03. The molecule has 3 rings (SSSR count). The van der Waals surface area contributed by atoms with E-state index in [9.17, 15) is 26.9 Å². The molecule has 11 heteroatoms. The normalized spacial score (nSPS) is 17.4. The highest BCUT2D eigenvalue weighted by Gasteiger charge is 2.47. The number of aryl methyl sites for hydroxylation is 1. The Morgan fingerprint density at radius 3 is 2.59 bits per heavy atom. The van der Waals surface area contributed by atoms with Crippen LogP contribution in [0.4, 0.5) is 23.2 Å². The SMILES string of the molecule is Cn1cc([S+]([O-])NC2CC(F)(F)C2)cc1C(=O)Nc1cc(F)c(F)c(Cl)c1. The molecule has 1 aromatic carbocycles. The Morgan fingerprint density at radius 2 is 2.00 bits per heavy atom. The van der Waals surface area contributed by atoms with Gasteiger partial charge < -0.3 is 14.4 Å². The number of alkyl halides is 2. The fourth-order valence-electron chi connectivity index (χ4n) is 2.65. The molecule has 1 heterocycles. The lowest BCUT2D eigenvalue weighted by Crippen LogP contribution is -2.50. The standard InChI is InChI=1S/C16H14ClF4N3O2S/c1-24-7-10(27(26)23-9-5-16(20,21)6-9)4-13(24)15(25)22-8-2-11(17)14(19)12(18)3-8/h2-4,7,9,23H,5-6H2,1H3,(H,22,25). The highest BCUT2D eigenvalue weighted by molar-refractivity contribution is 7.89. The molecule has 146 valence electrons. The third kappa shape index (κ3) is 4.40. The van der Waals surface area contributed by atoms with Crippen molar-refractivity contribution in [1.29, 1.82) is 0 Å². The number of nitrogens with one attached hydrogen (secondary N) is 2. The van der Waals surface area contributed by atoms with Crippen LogP contribution >= 0.6 is 11.6 Å². The summed E-state index contributed by atoms with van der Waals surface area (Å²) < 4.78 is 68.5. The Labute approximate surface area is 160 Å². The highest BCUT2D eigenvalue weighted by Crippen LogP contribution is 2.38. The summed E-state index contributed by atoms with van der Waals surface area (Å²) in [5.74, 6) is -5.85. The van der Waals surface area contributed by atoms with Crippen LogP contribution in [-0.2, 0) is 18.4 Å². The van der Waals surface area contributed by atoms with Crippen molar-refractivity contribution in [3.63, 3.8) is 0 Å². The number of hydrogen-bond acceptors (Lipinski definition) is 3. The minimum Gasteiger partial charge on any atom is -0.593 e. The van der Waals surface area contributed by atoms with Crippen molar-refractivity contribution in [1.82, 2.24) is 9.29 Å². The molecule has 0 saturated heterocycles. The van der Waals surface area contributed by atoms with Crippen molar-refractivity contribution in [2.24, 2.45) is 7.05 Å². The van der Waals surface area contributed by atoms with E-state index in [-0.39, 0.29) is 16.3 Å². The van der Waals surface area contributed by atoms with Gasteiger partial charge in [-0.2, -0.15) is 0 Å². The lowest BCUT2D eigenvalue weighted by Gasteiger charge is -2.34. The van der Waals surface area contributed by atoms with Crippen LogP contribution in [0.25, 0.3) is 0 Å². The molecule has 0 radical (unpaired) electrons. The predicted octanol–water partition coefficient (Wildman–Crippen LogP) is 3.62. The average molecular weight is 424 g/mol. The molecule has 1 aliphatic carbocycles. The van der Waals surface area contributed by atoms with E-state index in [2.05, 4.69) is 10.0 Å². The van der Waals surface area contributed by atoms with Gasteiger partial charge in [-0.05, 0) is 6.07 Å². The molecule has 1 aromatic heterocycles. The van der Waals surface area contributed by atoms with E-state index >= 15 is 0 Å². The van der Waals surface area contributed by atoms with E-state index in [1.165, 1.54) is 23.9 Å². The van der Waals surface area contributed by atoms with Crippen LogP contribution in [0.2, 0.25) is 5.02 Å². The summed E-state index contributed by atoms with van der Waals surface area (Å²) in [6.07, 6.45) is 0.624. The molecule has 27 heavy (non-hydrogen) atoms. The Balaban J connectivity index is 1.69. The monoisotopic (exact) mass is 423 g/mol. The van der Waals surface area contributed by atoms with Crippen LogP contribution < -0.4 is 10.0 Å². The fourth-order valence-corrected chi connectivity index (χ4v) is 3.93. The number of carbonyl (C=O) groups is 1. The minimum atomic E-state index is -2.74. The second-order valence-electron chi connectivity index (χ2n) is 6.23. The molecule has 0 bridgehead atoms. The molecule has 1 amide bonds. The maximum Gasteiger partial charge on any atom is 0.272 e. The lowest BCUT2D eigenvalue weighted by atomic mass is 9.89. The van der Waals surface area contributed by atoms with Crippen LogP contribution in [0.3, 0.4) is 0 Å². The highest BCUT2D eigenvalue weighted by atomic mass is 35.5. The van der Waals surface area contributed by atoms with Gasteiger partial charge in [0.1, 0.15) is 5.69 Å². The van der Waals surface area contributed by atoms with Crippen molar-refractivity contribution in [3.8, 4) is 0 Å². The van der Waals surface area contributed by atoms with E-state index < -0.39 is 58.7 Å². The van der Waals surface area contributed by atoms with Gasteiger partial charge in [-0.15, -0.1) is 4.72 Å². The maximum atomic E-state index is 13.4. The van der Waals surface area contributed by atoms with E-state index in [0.29, 0.717) is 0 Å². The maximum absolute atomic E-state index is 13.4. The molecule has 0 aliphatic heterocycles. The molecule has 1 saturated carbocycles. The largest absolute Gasteiger partial charge is 0.593 e. The van der Waals surface area contributed by atoms with Gasteiger partial charge in [0, 0.05) is 37.7 Å². The van der Waals surface area contributed by atoms with Crippen molar-refractivity contribution in [2.45, 2.75) is 29.7 Å². The van der Waals surface area contributed by atoms with Gasteiger partial charge in [-0.25, -0.2) is 17.6 Å². The van der Waals surface area contributed by atoms with E-state index in [1.54, 1.807) is 0 Å². The smallest absolute Gasteiger partial charge is 0.272 e. The van der Waals surface area contributed by atoms with Gasteiger partial charge >= 0.3 is 0 Å². The number of aromatic nitrogens is 1. The predicted molar refractivity (Wildman–Crippen MR) is 92.2 cm³/mol. The Morgan fingerprint density at radius 1 is 1.33 bits per heavy atom. The number of carbonyl (C=O) groups excluding carboxylic acids is 1. The molecule has 1 fully saturated rings. The minimum absolute atomic E-state index is 0.0532. The molecule has 2 N–H and O–H groups in total. The fraction of sp³-hybridized carbons (Fsp3) is 0.312. The van der Waals surface area contributed by atoms with Crippen LogP contribution in [0.15, 0.2) is 29.3 Å². The van der Waals surface area contributed by atoms with Gasteiger partial charge in [0.05, 0.1) is 28.6 Å². The Hall–Kier alpha value is -1.75. The molecule has 1 aliphatic rings. The quantitative estimate of drug-likeness (QED) is 0.438. The average Bonchev–Trinajstić information content (AvgIpc) is 2.93. The van der Waals surface area contributed by atoms with Crippen LogP contribution in [0, 0.1) is 11.6 Å². The van der Waals surface area contributed by atoms with Gasteiger partial charge in [0.2, 0.25) is 0 Å². The van der Waals surface area contributed by atoms with Crippen molar-refractivity contribution in [3.05, 3.63) is 46.7 Å². The summed E-state index contributed by atoms with van der Waals surface area (Å²) in [4.78, 5) is 12.6. The second-order valence-corrected chi connectivity index (χ2v) is 7.88. The van der Waals surface area contributed by atoms with Gasteiger partial charge in [-0.3, -0.25) is 4.79 Å². The first-order valence-electron chi connectivity index (χ1n) is 7.74. The van der Waals surface area contributed by atoms with Gasteiger partial charge in [0.25, 0.3) is 11.8 Å². The van der Waals surface area contributed by atoms with Crippen LogP contribution in [0.1, 0.15) is 23.3 Å². The number of anilines is 1. The molecule has 0 spiro atoms. The lowest BCUT2D eigenvalue weighted by molar-refractivity contribution is -0.0876. The van der Waals surface area contributed by atoms with E-state index in [0.717, 1.165) is 12.1 Å². The molecule has 1 unspecified atom stereocenters. The number of nitrogens with zero attached hydrogens (tertiary/aromatic N) is 1. The number of amides is 1. The number of halogens is 5. The summed E-state index contributed by atoms with van der Waals surface area (Å²) in [6.45, 7) is 0. The number of benzene rings is 1. The second kappa shape index (κ2) is 7.34. The number of hydrogen-bond donors (Lipinski definition) is 2. The summed E-state index contributed by atoms with van der Waals surface area (Å²) >= 11 is 3.77. The van der Waals surface area contributed by atoms with Gasteiger partial charge in [0.15, 0.2) is 16.5 Å². The Kier molecular flexibility index (Phi) is 5.44. The topological polar surface area (TPSA) is 69.1 Å². The first-order chi connectivity index (χ1) is 12.6. The van der Waals surface area contributed by atoms with Crippen LogP contribution in [0.5, 0.6) is 0 Å². The molecule has 1 atom stereocenters. The van der Waals surface area contributed by atoms with E-state index in [1.807, 2.05) is 0 Å². The molecular weight excluding hydrogens is 410 g/mol. The zero-order valence-corrected chi connectivity index (χ0v) is 15.4. The molecular formula is C16H14ClF4N3O2S. The van der Waals surface area contributed by atoms with E-state index in [4.69, 9.17) is 11.6 Å². The summed E-state index contributed by atoms with van der Waals surface area (Å²) in [5, 5.41) is 1.88. The van der Waals surface area contributed by atoms with Crippen molar-refractivity contribution in [2.75, 3.05) is 5.32 Å². The van der Waals surface area contributed by atoms with Crippen molar-refractivity contribution < 1.29 is 26.9 Å². The molecule has 5 nitrogen and oxygen atoms in total. The summed E-state index contributed by atoms with van der Waals surface area (Å²) in [6, 6.07) is 2.58. The first kappa shape index (κ1) is 20.0. The first-order valence-corrected chi connectivity index (χ1v) is 9.26.